The molecular formula is C27H36N8O. The van der Waals surface area contributed by atoms with Crippen LogP contribution in [-0.2, 0) is 26.4 Å². The Morgan fingerprint density at radius 1 is 1.14 bits per heavy atom. The topological polar surface area (TPSA) is 95.9 Å². The van der Waals surface area contributed by atoms with Gasteiger partial charge in [-0.3, -0.25) is 24.3 Å². The molecule has 2 aliphatic rings. The second kappa shape index (κ2) is 10.0. The molecular weight excluding hydrogens is 452 g/mol. The van der Waals surface area contributed by atoms with Crippen molar-refractivity contribution >= 4 is 16.7 Å². The Bertz CT molecular complexity index is 1350. The molecule has 3 atom stereocenters. The second-order valence-electron chi connectivity index (χ2n) is 10.2. The maximum Gasteiger partial charge on any atom is 0.252 e. The molecule has 1 fully saturated rings. The third kappa shape index (κ3) is 4.28. The van der Waals surface area contributed by atoms with Gasteiger partial charge in [-0.05, 0) is 45.4 Å². The zero-order valence-corrected chi connectivity index (χ0v) is 21.8. The summed E-state index contributed by atoms with van der Waals surface area (Å²) in [4.78, 5) is 27.7. The summed E-state index contributed by atoms with van der Waals surface area (Å²) in [6, 6.07) is 4.58. The van der Waals surface area contributed by atoms with Crippen LogP contribution >= 0.6 is 0 Å². The van der Waals surface area contributed by atoms with Crippen LogP contribution in [0.15, 0.2) is 23.3 Å². The lowest BCUT2D eigenvalue weighted by atomic mass is 9.97. The number of hydrogen-bond donors (Lipinski definition) is 0. The molecule has 9 heteroatoms. The summed E-state index contributed by atoms with van der Waals surface area (Å²) in [5.41, 5.74) is 5.76. The third-order valence-corrected chi connectivity index (χ3v) is 8.11. The van der Waals surface area contributed by atoms with Crippen molar-refractivity contribution in [1.82, 2.24) is 29.2 Å². The second-order valence-corrected chi connectivity index (χ2v) is 10.2. The van der Waals surface area contributed by atoms with Crippen LogP contribution in [0.1, 0.15) is 69.6 Å². The molecule has 0 spiro atoms. The Hall–Kier alpha value is -3.25. The van der Waals surface area contributed by atoms with Crippen LogP contribution in [0, 0.1) is 11.3 Å². The van der Waals surface area contributed by atoms with E-state index in [1.807, 2.05) is 6.20 Å². The first-order valence-corrected chi connectivity index (χ1v) is 13.3. The molecule has 0 bridgehead atoms. The minimum atomic E-state index is -0.0583. The van der Waals surface area contributed by atoms with Gasteiger partial charge in [-0.25, -0.2) is 0 Å². The van der Waals surface area contributed by atoms with E-state index in [1.165, 1.54) is 24.2 Å². The van der Waals surface area contributed by atoms with E-state index >= 15 is 0 Å². The molecule has 3 aromatic heterocycles. The van der Waals surface area contributed by atoms with Crippen molar-refractivity contribution in [2.75, 3.05) is 18.0 Å². The van der Waals surface area contributed by atoms with Crippen LogP contribution < -0.4 is 10.5 Å². The number of aryl methyl sites for hydroxylation is 3. The van der Waals surface area contributed by atoms with Crippen molar-refractivity contribution in [1.29, 1.82) is 5.26 Å². The highest BCUT2D eigenvalue weighted by atomic mass is 16.1. The van der Waals surface area contributed by atoms with Crippen LogP contribution in [0.4, 0.5) is 5.69 Å². The average molecular weight is 489 g/mol. The van der Waals surface area contributed by atoms with Gasteiger partial charge < -0.3 is 9.47 Å². The molecule has 36 heavy (non-hydrogen) atoms. The van der Waals surface area contributed by atoms with Gasteiger partial charge in [0.1, 0.15) is 12.1 Å². The molecule has 0 amide bonds. The van der Waals surface area contributed by atoms with Crippen molar-refractivity contribution in [2.24, 2.45) is 7.05 Å². The molecule has 0 N–H and O–H groups in total. The van der Waals surface area contributed by atoms with E-state index < -0.39 is 0 Å². The predicted octanol–water partition coefficient (Wildman–Crippen LogP) is 3.37. The maximum absolute atomic E-state index is 12.9. The molecule has 1 aliphatic carbocycles. The summed E-state index contributed by atoms with van der Waals surface area (Å²) >= 11 is 0. The van der Waals surface area contributed by atoms with Gasteiger partial charge in [0, 0.05) is 38.3 Å². The molecule has 9 nitrogen and oxygen atoms in total. The summed E-state index contributed by atoms with van der Waals surface area (Å²) in [6.45, 7) is 8.54. The number of nitriles is 1. The SMILES string of the molecule is CC[C@H]1CN(C(C)c2cnc3c(n2)CCCC3)[C@H](CC)CN1c1cc(=O)n(C)c2cn(CC#N)nc12. The zero-order valence-electron chi connectivity index (χ0n) is 21.8. The lowest BCUT2D eigenvalue weighted by Gasteiger charge is -2.49. The van der Waals surface area contributed by atoms with Gasteiger partial charge in [0.05, 0.1) is 52.8 Å². The fourth-order valence-corrected chi connectivity index (χ4v) is 5.90. The molecule has 5 rings (SSSR count). The highest BCUT2D eigenvalue weighted by Gasteiger charge is 2.37. The Morgan fingerprint density at radius 3 is 2.61 bits per heavy atom. The summed E-state index contributed by atoms with van der Waals surface area (Å²) in [6.07, 6.45) is 10.2. The molecule has 1 saturated heterocycles. The smallest absolute Gasteiger partial charge is 0.252 e. The van der Waals surface area contributed by atoms with Gasteiger partial charge in [0.2, 0.25) is 0 Å². The third-order valence-electron chi connectivity index (χ3n) is 8.11. The first-order valence-electron chi connectivity index (χ1n) is 13.3. The molecule has 1 unspecified atom stereocenters. The monoisotopic (exact) mass is 488 g/mol. The lowest BCUT2D eigenvalue weighted by Crippen LogP contribution is -2.59. The van der Waals surface area contributed by atoms with Gasteiger partial charge in [-0.1, -0.05) is 13.8 Å². The molecule has 3 aromatic rings. The normalized spacial score (nSPS) is 21.4. The van der Waals surface area contributed by atoms with Crippen LogP contribution in [0.2, 0.25) is 0 Å². The van der Waals surface area contributed by atoms with Crippen LogP contribution in [0.25, 0.3) is 11.0 Å². The van der Waals surface area contributed by atoms with E-state index in [4.69, 9.17) is 20.3 Å². The van der Waals surface area contributed by atoms with E-state index in [1.54, 1.807) is 28.6 Å². The molecule has 0 radical (unpaired) electrons. The number of anilines is 1. The van der Waals surface area contributed by atoms with Crippen molar-refractivity contribution in [3.8, 4) is 6.07 Å². The average Bonchev–Trinajstić information content (AvgIpc) is 3.33. The molecule has 1 aliphatic heterocycles. The minimum absolute atomic E-state index is 0.0583. The summed E-state index contributed by atoms with van der Waals surface area (Å²) in [5.74, 6) is 0. The van der Waals surface area contributed by atoms with Crippen molar-refractivity contribution in [3.05, 3.63) is 45.9 Å². The van der Waals surface area contributed by atoms with Crippen LogP contribution in [0.3, 0.4) is 0 Å². The predicted molar refractivity (Wildman–Crippen MR) is 140 cm³/mol. The number of fused-ring (bicyclic) bond motifs is 2. The number of rotatable bonds is 6. The summed E-state index contributed by atoms with van der Waals surface area (Å²) in [7, 11) is 1.76. The maximum atomic E-state index is 12.9. The highest BCUT2D eigenvalue weighted by molar-refractivity contribution is 5.88. The van der Waals surface area contributed by atoms with Gasteiger partial charge in [0.25, 0.3) is 5.56 Å². The molecule has 4 heterocycles. The van der Waals surface area contributed by atoms with Crippen molar-refractivity contribution in [2.45, 2.75) is 84.0 Å². The zero-order chi connectivity index (χ0) is 25.4. The Balaban J connectivity index is 1.48. The van der Waals surface area contributed by atoms with Gasteiger partial charge in [-0.15, -0.1) is 0 Å². The number of hydrogen-bond acceptors (Lipinski definition) is 7. The van der Waals surface area contributed by atoms with Gasteiger partial charge in [0.15, 0.2) is 0 Å². The highest BCUT2D eigenvalue weighted by Crippen LogP contribution is 2.34. The fraction of sp³-hybridized carbons (Fsp3) is 0.593. The first kappa shape index (κ1) is 24.4. The number of pyridine rings is 1. The molecule has 0 saturated carbocycles. The van der Waals surface area contributed by atoms with Gasteiger partial charge >= 0.3 is 0 Å². The molecule has 190 valence electrons. The molecule has 0 aromatic carbocycles. The summed E-state index contributed by atoms with van der Waals surface area (Å²) < 4.78 is 3.24. The first-order chi connectivity index (χ1) is 17.4. The quantitative estimate of drug-likeness (QED) is 0.525. The fourth-order valence-electron chi connectivity index (χ4n) is 5.90. The van der Waals surface area contributed by atoms with Gasteiger partial charge in [-0.2, -0.15) is 10.4 Å². The van der Waals surface area contributed by atoms with E-state index in [-0.39, 0.29) is 24.2 Å². The van der Waals surface area contributed by atoms with E-state index in [2.05, 4.69) is 36.6 Å². The Morgan fingerprint density at radius 2 is 1.89 bits per heavy atom. The number of nitrogens with zero attached hydrogens (tertiary/aromatic N) is 8. The Kier molecular flexibility index (Phi) is 6.80. The summed E-state index contributed by atoms with van der Waals surface area (Å²) in [5, 5.41) is 13.9. The van der Waals surface area contributed by atoms with E-state index in [9.17, 15) is 4.79 Å². The lowest BCUT2D eigenvalue weighted by molar-refractivity contribution is 0.0988. The van der Waals surface area contributed by atoms with Crippen LogP contribution in [0.5, 0.6) is 0 Å². The van der Waals surface area contributed by atoms with Crippen molar-refractivity contribution in [3.63, 3.8) is 0 Å². The Labute approximate surface area is 212 Å². The largest absolute Gasteiger partial charge is 0.364 e. The van der Waals surface area contributed by atoms with Crippen LogP contribution in [-0.4, -0.2) is 54.4 Å². The standard InChI is InChI=1S/C27H36N8O/c1-5-19-16-35(24-13-26(36)32(4)25-17-33(12-11-28)31-27(24)25)20(6-2)15-34(19)18(3)23-14-29-21-9-7-8-10-22(21)30-23/h13-14,17-20H,5-10,12,15-16H2,1-4H3/t18?,19-,20+/m1/s1. The number of piperazine rings is 1. The number of aromatic nitrogens is 5. The van der Waals surface area contributed by atoms with Crippen molar-refractivity contribution < 1.29 is 0 Å². The van der Waals surface area contributed by atoms with E-state index in [0.29, 0.717) is 6.04 Å². The minimum Gasteiger partial charge on any atom is -0.364 e. The van der Waals surface area contributed by atoms with E-state index in [0.717, 1.165) is 61.2 Å².